The smallest absolute Gasteiger partial charge is 0.137 e. The zero-order chi connectivity index (χ0) is 24.9. The molecule has 0 aliphatic carbocycles. The van der Waals surface area contributed by atoms with Crippen LogP contribution >= 0.6 is 0 Å². The average molecular weight is 476 g/mol. The number of rotatable bonds is 9. The van der Waals surface area contributed by atoms with Crippen LogP contribution in [0.25, 0.3) is 5.69 Å². The third kappa shape index (κ3) is 5.54. The van der Waals surface area contributed by atoms with Crippen LogP contribution in [0.2, 0.25) is 0 Å². The van der Waals surface area contributed by atoms with Crippen molar-refractivity contribution in [2.24, 2.45) is 0 Å². The molecule has 0 spiro atoms. The summed E-state index contributed by atoms with van der Waals surface area (Å²) in [5, 5.41) is 15.8. The molecule has 2 heterocycles. The van der Waals surface area contributed by atoms with E-state index in [-0.39, 0.29) is 0 Å². The van der Waals surface area contributed by atoms with Crippen molar-refractivity contribution in [1.82, 2.24) is 19.6 Å². The Balaban J connectivity index is 1.74. The van der Waals surface area contributed by atoms with E-state index in [1.807, 2.05) is 25.1 Å². The Morgan fingerprint density at radius 1 is 0.943 bits per heavy atom. The Hall–Kier alpha value is -2.83. The maximum Gasteiger partial charge on any atom is 0.137 e. The monoisotopic (exact) mass is 475 g/mol. The molecule has 2 aromatic carbocycles. The van der Waals surface area contributed by atoms with Crippen molar-refractivity contribution in [3.05, 3.63) is 70.9 Å². The number of likely N-dealkylation sites (N-methyl/N-ethyl adjacent to an activating group) is 1. The second kappa shape index (κ2) is 11.3. The summed E-state index contributed by atoms with van der Waals surface area (Å²) in [6, 6.07) is 16.9. The third-order valence-corrected chi connectivity index (χ3v) is 7.28. The molecule has 1 fully saturated rings. The second-order valence-electron chi connectivity index (χ2n) is 9.85. The van der Waals surface area contributed by atoms with Gasteiger partial charge in [-0.25, -0.2) is 4.68 Å². The highest BCUT2D eigenvalue weighted by atomic mass is 16.3. The molecule has 0 unspecified atom stereocenters. The summed E-state index contributed by atoms with van der Waals surface area (Å²) in [5.74, 6) is 1.63. The number of phenols is 1. The van der Waals surface area contributed by atoms with Gasteiger partial charge < -0.3 is 14.9 Å². The average Bonchev–Trinajstić information content (AvgIpc) is 3.25. The molecular weight excluding hydrogens is 434 g/mol. The molecule has 188 valence electrons. The van der Waals surface area contributed by atoms with E-state index >= 15 is 0 Å². The van der Waals surface area contributed by atoms with Crippen LogP contribution in [0.5, 0.6) is 5.75 Å². The van der Waals surface area contributed by atoms with Crippen molar-refractivity contribution in [3.8, 4) is 11.4 Å². The second-order valence-corrected chi connectivity index (χ2v) is 9.85. The molecule has 0 saturated carbocycles. The van der Waals surface area contributed by atoms with Gasteiger partial charge >= 0.3 is 0 Å². The summed E-state index contributed by atoms with van der Waals surface area (Å²) < 4.78 is 2.17. The topological polar surface area (TPSA) is 47.8 Å². The molecule has 0 amide bonds. The number of aromatic nitrogens is 2. The van der Waals surface area contributed by atoms with Crippen molar-refractivity contribution >= 4 is 5.82 Å². The number of nitrogens with zero attached hydrogens (tertiary/aromatic N) is 5. The van der Waals surface area contributed by atoms with Crippen molar-refractivity contribution in [3.63, 3.8) is 0 Å². The molecule has 1 aromatic heterocycles. The molecule has 4 rings (SSSR count). The summed E-state index contributed by atoms with van der Waals surface area (Å²) in [5.41, 5.74) is 5.47. The number of piperazine rings is 1. The van der Waals surface area contributed by atoms with Gasteiger partial charge in [-0.3, -0.25) is 4.90 Å². The molecule has 6 heteroatoms. The molecular formula is C29H41N5O. The molecule has 0 atom stereocenters. The predicted octanol–water partition coefficient (Wildman–Crippen LogP) is 5.00. The van der Waals surface area contributed by atoms with E-state index in [0.717, 1.165) is 68.2 Å². The molecule has 0 radical (unpaired) electrons. The first-order valence-corrected chi connectivity index (χ1v) is 13.1. The normalized spacial score (nSPS) is 14.9. The Bertz CT molecular complexity index is 1100. The molecule has 35 heavy (non-hydrogen) atoms. The van der Waals surface area contributed by atoms with Crippen molar-refractivity contribution < 1.29 is 5.11 Å². The van der Waals surface area contributed by atoms with Crippen LogP contribution in [0, 0.1) is 6.92 Å². The van der Waals surface area contributed by atoms with Crippen LogP contribution in [-0.2, 0) is 19.5 Å². The summed E-state index contributed by atoms with van der Waals surface area (Å²) >= 11 is 0. The van der Waals surface area contributed by atoms with Gasteiger partial charge in [0, 0.05) is 56.4 Å². The SMILES string of the molecule is CCc1nn(-c2ccccc2)c(N2CCN(CC)CC2)c1CN(Cc1cccc(C)c1O)C(C)C. The molecule has 6 nitrogen and oxygen atoms in total. The fourth-order valence-corrected chi connectivity index (χ4v) is 4.97. The van der Waals surface area contributed by atoms with E-state index in [1.54, 1.807) is 0 Å². The number of phenolic OH excluding ortho intramolecular Hbond substituents is 1. The Labute approximate surface area is 210 Å². The predicted molar refractivity (Wildman–Crippen MR) is 144 cm³/mol. The van der Waals surface area contributed by atoms with E-state index < -0.39 is 0 Å². The van der Waals surface area contributed by atoms with E-state index in [2.05, 4.69) is 77.4 Å². The van der Waals surface area contributed by atoms with E-state index in [0.29, 0.717) is 18.3 Å². The summed E-state index contributed by atoms with van der Waals surface area (Å²) in [4.78, 5) is 7.50. The maximum absolute atomic E-state index is 10.7. The Morgan fingerprint density at radius 2 is 1.66 bits per heavy atom. The number of hydrogen-bond donors (Lipinski definition) is 1. The highest BCUT2D eigenvalue weighted by Crippen LogP contribution is 2.32. The number of aromatic hydroxyl groups is 1. The minimum absolute atomic E-state index is 0.324. The molecule has 1 aliphatic heterocycles. The van der Waals surface area contributed by atoms with Gasteiger partial charge in [0.25, 0.3) is 0 Å². The van der Waals surface area contributed by atoms with Gasteiger partial charge in [0.15, 0.2) is 0 Å². The first-order chi connectivity index (χ1) is 16.9. The number of benzene rings is 2. The lowest BCUT2D eigenvalue weighted by Gasteiger charge is -2.37. The number of anilines is 1. The summed E-state index contributed by atoms with van der Waals surface area (Å²) in [6.07, 6.45) is 0.888. The maximum atomic E-state index is 10.7. The molecule has 1 N–H and O–H groups in total. The zero-order valence-electron chi connectivity index (χ0n) is 22.0. The highest BCUT2D eigenvalue weighted by molar-refractivity contribution is 5.56. The fourth-order valence-electron chi connectivity index (χ4n) is 4.97. The van der Waals surface area contributed by atoms with Gasteiger partial charge in [0.05, 0.1) is 11.4 Å². The number of para-hydroxylation sites is 2. The van der Waals surface area contributed by atoms with Crippen LogP contribution in [-0.4, -0.2) is 63.5 Å². The quantitative estimate of drug-likeness (QED) is 0.472. The third-order valence-electron chi connectivity index (χ3n) is 7.28. The Morgan fingerprint density at radius 3 is 2.29 bits per heavy atom. The van der Waals surface area contributed by atoms with Gasteiger partial charge in [-0.1, -0.05) is 50.2 Å². The van der Waals surface area contributed by atoms with Gasteiger partial charge in [-0.2, -0.15) is 5.10 Å². The van der Waals surface area contributed by atoms with Crippen LogP contribution in [0.15, 0.2) is 48.5 Å². The first kappa shape index (κ1) is 25.3. The minimum atomic E-state index is 0.324. The first-order valence-electron chi connectivity index (χ1n) is 13.1. The lowest BCUT2D eigenvalue weighted by molar-refractivity contribution is 0.200. The van der Waals surface area contributed by atoms with Gasteiger partial charge in [0.1, 0.15) is 11.6 Å². The van der Waals surface area contributed by atoms with Crippen molar-refractivity contribution in [2.75, 3.05) is 37.6 Å². The fraction of sp³-hybridized carbons (Fsp3) is 0.483. The molecule has 1 saturated heterocycles. The molecule has 1 aliphatic rings. The lowest BCUT2D eigenvalue weighted by Crippen LogP contribution is -2.47. The number of aryl methyl sites for hydroxylation is 2. The summed E-state index contributed by atoms with van der Waals surface area (Å²) in [7, 11) is 0. The lowest BCUT2D eigenvalue weighted by atomic mass is 10.1. The number of hydrogen-bond acceptors (Lipinski definition) is 5. The highest BCUT2D eigenvalue weighted by Gasteiger charge is 2.28. The van der Waals surface area contributed by atoms with Gasteiger partial charge in [-0.05, 0) is 51.4 Å². The van der Waals surface area contributed by atoms with Crippen molar-refractivity contribution in [2.45, 2.75) is 60.2 Å². The van der Waals surface area contributed by atoms with Crippen LogP contribution < -0.4 is 4.90 Å². The van der Waals surface area contributed by atoms with E-state index in [1.165, 1.54) is 11.4 Å². The van der Waals surface area contributed by atoms with E-state index in [4.69, 9.17) is 5.10 Å². The largest absolute Gasteiger partial charge is 0.507 e. The summed E-state index contributed by atoms with van der Waals surface area (Å²) in [6.45, 7) is 17.6. The van der Waals surface area contributed by atoms with Crippen LogP contribution in [0.3, 0.4) is 0 Å². The van der Waals surface area contributed by atoms with Gasteiger partial charge in [-0.15, -0.1) is 0 Å². The zero-order valence-corrected chi connectivity index (χ0v) is 22.0. The van der Waals surface area contributed by atoms with Crippen LogP contribution in [0.4, 0.5) is 5.82 Å². The molecule has 3 aromatic rings. The van der Waals surface area contributed by atoms with Crippen molar-refractivity contribution in [1.29, 1.82) is 0 Å². The minimum Gasteiger partial charge on any atom is -0.507 e. The van der Waals surface area contributed by atoms with Crippen LogP contribution in [0.1, 0.15) is 50.1 Å². The van der Waals surface area contributed by atoms with E-state index in [9.17, 15) is 5.11 Å². The molecule has 0 bridgehead atoms. The standard InChI is InChI=1S/C29H41N5O/c1-6-27-26(21-33(22(3)4)20-24-13-11-12-23(5)28(24)35)29(32-18-16-31(7-2)17-19-32)34(30-27)25-14-9-8-10-15-25/h8-15,22,35H,6-7,16-21H2,1-5H3. The Kier molecular flexibility index (Phi) is 8.14. The van der Waals surface area contributed by atoms with Gasteiger partial charge in [0.2, 0.25) is 0 Å².